The van der Waals surface area contributed by atoms with Crippen LogP contribution in [0.3, 0.4) is 0 Å². The monoisotopic (exact) mass is 360 g/mol. The Labute approximate surface area is 158 Å². The first kappa shape index (κ1) is 18.5. The number of carbonyl (C=O) groups excluding carboxylic acids is 2. The van der Waals surface area contributed by atoms with E-state index in [-0.39, 0.29) is 12.1 Å². The topological polar surface area (TPSA) is 43.4 Å². The zero-order valence-electron chi connectivity index (χ0n) is 17.1. The molecule has 4 fully saturated rings. The van der Waals surface area contributed by atoms with Gasteiger partial charge in [-0.1, -0.05) is 13.8 Å². The average Bonchev–Trinajstić information content (AvgIpc) is 2.92. The molecular formula is C23H36O3. The van der Waals surface area contributed by atoms with Crippen LogP contribution in [0.2, 0.25) is 0 Å². The van der Waals surface area contributed by atoms with E-state index in [0.717, 1.165) is 37.0 Å². The fraction of sp³-hybridized carbons (Fsp3) is 0.913. The molecule has 0 radical (unpaired) electrons. The van der Waals surface area contributed by atoms with Gasteiger partial charge in [0.05, 0.1) is 0 Å². The predicted molar refractivity (Wildman–Crippen MR) is 101 cm³/mol. The van der Waals surface area contributed by atoms with Crippen LogP contribution < -0.4 is 0 Å². The molecule has 146 valence electrons. The molecule has 26 heavy (non-hydrogen) atoms. The Kier molecular flexibility index (Phi) is 4.51. The molecule has 4 rings (SSSR count). The number of ether oxygens (including phenoxy) is 1. The highest BCUT2D eigenvalue weighted by Crippen LogP contribution is 2.67. The summed E-state index contributed by atoms with van der Waals surface area (Å²) in [6.07, 6.45) is 10.5. The lowest BCUT2D eigenvalue weighted by molar-refractivity contribution is -0.156. The van der Waals surface area contributed by atoms with Crippen molar-refractivity contribution in [2.75, 3.05) is 0 Å². The van der Waals surface area contributed by atoms with Crippen LogP contribution in [0.5, 0.6) is 0 Å². The van der Waals surface area contributed by atoms with Crippen molar-refractivity contribution in [2.45, 2.75) is 91.6 Å². The highest BCUT2D eigenvalue weighted by molar-refractivity contribution is 5.79. The van der Waals surface area contributed by atoms with Crippen LogP contribution in [-0.4, -0.2) is 17.9 Å². The summed E-state index contributed by atoms with van der Waals surface area (Å²) >= 11 is 0. The molecule has 0 saturated heterocycles. The summed E-state index contributed by atoms with van der Waals surface area (Å²) in [6.45, 7) is 8.65. The maximum absolute atomic E-state index is 12.0. The number of fused-ring (bicyclic) bond motifs is 5. The summed E-state index contributed by atoms with van der Waals surface area (Å²) in [6, 6.07) is 0. The number of hydrogen-bond donors (Lipinski definition) is 0. The van der Waals surface area contributed by atoms with Crippen LogP contribution in [0.4, 0.5) is 0 Å². The van der Waals surface area contributed by atoms with Crippen molar-refractivity contribution in [1.82, 2.24) is 0 Å². The number of rotatable bonds is 2. The van der Waals surface area contributed by atoms with Crippen molar-refractivity contribution >= 4 is 11.8 Å². The Morgan fingerprint density at radius 3 is 2.50 bits per heavy atom. The van der Waals surface area contributed by atoms with Gasteiger partial charge in [0.25, 0.3) is 0 Å². The highest BCUT2D eigenvalue weighted by Gasteiger charge is 2.61. The van der Waals surface area contributed by atoms with E-state index < -0.39 is 0 Å². The molecule has 4 aliphatic carbocycles. The molecule has 0 aromatic heterocycles. The Balaban J connectivity index is 1.56. The number of carbonyl (C=O) groups is 2. The molecule has 3 nitrogen and oxygen atoms in total. The van der Waals surface area contributed by atoms with Crippen molar-refractivity contribution in [2.24, 2.45) is 40.4 Å². The van der Waals surface area contributed by atoms with Crippen molar-refractivity contribution in [3.63, 3.8) is 0 Å². The third-order valence-electron chi connectivity index (χ3n) is 9.47. The minimum absolute atomic E-state index is 0.0401. The van der Waals surface area contributed by atoms with E-state index in [2.05, 4.69) is 20.8 Å². The minimum Gasteiger partial charge on any atom is -0.463 e. The van der Waals surface area contributed by atoms with E-state index in [0.29, 0.717) is 28.4 Å². The molecule has 0 heterocycles. The van der Waals surface area contributed by atoms with Gasteiger partial charge in [-0.3, -0.25) is 9.59 Å². The molecule has 4 saturated carbocycles. The average molecular weight is 361 g/mol. The quantitative estimate of drug-likeness (QED) is 0.638. The van der Waals surface area contributed by atoms with E-state index >= 15 is 0 Å². The lowest BCUT2D eigenvalue weighted by Gasteiger charge is -2.60. The van der Waals surface area contributed by atoms with Gasteiger partial charge in [-0.15, -0.1) is 0 Å². The number of Topliss-reactive ketones (excluding diaryl/α,β-unsaturated/α-hetero) is 1. The van der Waals surface area contributed by atoms with Crippen LogP contribution in [0.25, 0.3) is 0 Å². The number of esters is 1. The molecule has 8 atom stereocenters. The molecule has 0 spiro atoms. The summed E-state index contributed by atoms with van der Waals surface area (Å²) in [4.78, 5) is 23.5. The number of ketones is 1. The maximum atomic E-state index is 12.0. The molecular weight excluding hydrogens is 324 g/mol. The zero-order chi connectivity index (χ0) is 18.7. The summed E-state index contributed by atoms with van der Waals surface area (Å²) in [5, 5.41) is 0. The van der Waals surface area contributed by atoms with E-state index in [1.807, 2.05) is 0 Å². The van der Waals surface area contributed by atoms with Gasteiger partial charge in [0, 0.05) is 25.7 Å². The first-order valence-corrected chi connectivity index (χ1v) is 10.9. The lowest BCUT2D eigenvalue weighted by Crippen LogP contribution is -2.54. The molecule has 0 aromatic carbocycles. The normalized spacial score (nSPS) is 48.9. The van der Waals surface area contributed by atoms with Crippen molar-refractivity contribution < 1.29 is 14.3 Å². The van der Waals surface area contributed by atoms with Gasteiger partial charge in [-0.25, -0.2) is 0 Å². The van der Waals surface area contributed by atoms with Gasteiger partial charge in [0.15, 0.2) is 0 Å². The van der Waals surface area contributed by atoms with E-state index in [1.54, 1.807) is 0 Å². The fourth-order valence-corrected chi connectivity index (χ4v) is 8.20. The third-order valence-corrected chi connectivity index (χ3v) is 9.47. The molecule has 4 aliphatic rings. The highest BCUT2D eigenvalue weighted by atomic mass is 16.5. The van der Waals surface area contributed by atoms with E-state index in [1.165, 1.54) is 45.4 Å². The molecule has 0 amide bonds. The first-order valence-electron chi connectivity index (χ1n) is 10.9. The predicted octanol–water partition coefficient (Wildman–Crippen LogP) is 5.17. The van der Waals surface area contributed by atoms with E-state index in [4.69, 9.17) is 4.74 Å². The summed E-state index contributed by atoms with van der Waals surface area (Å²) in [5.74, 6) is 3.90. The second-order valence-corrected chi connectivity index (χ2v) is 10.4. The van der Waals surface area contributed by atoms with Gasteiger partial charge in [-0.2, -0.15) is 0 Å². The molecule has 2 unspecified atom stereocenters. The second-order valence-electron chi connectivity index (χ2n) is 10.4. The van der Waals surface area contributed by atoms with Gasteiger partial charge < -0.3 is 4.74 Å². The van der Waals surface area contributed by atoms with Gasteiger partial charge in [0.1, 0.15) is 11.9 Å². The largest absolute Gasteiger partial charge is 0.463 e. The van der Waals surface area contributed by atoms with Crippen molar-refractivity contribution in [3.05, 3.63) is 0 Å². The molecule has 0 aliphatic heterocycles. The third kappa shape index (κ3) is 2.67. The summed E-state index contributed by atoms with van der Waals surface area (Å²) in [5.41, 5.74) is 0.710. The summed E-state index contributed by atoms with van der Waals surface area (Å²) < 4.78 is 5.63. The molecule has 0 bridgehead atoms. The lowest BCUT2D eigenvalue weighted by atomic mass is 9.44. The van der Waals surface area contributed by atoms with Crippen LogP contribution in [-0.2, 0) is 14.3 Å². The smallest absolute Gasteiger partial charge is 0.302 e. The van der Waals surface area contributed by atoms with Gasteiger partial charge in [0.2, 0.25) is 0 Å². The summed E-state index contributed by atoms with van der Waals surface area (Å²) in [7, 11) is 0. The molecule has 0 aromatic rings. The Morgan fingerprint density at radius 2 is 1.77 bits per heavy atom. The maximum Gasteiger partial charge on any atom is 0.302 e. The van der Waals surface area contributed by atoms with Crippen molar-refractivity contribution in [1.29, 1.82) is 0 Å². The molecule has 0 N–H and O–H groups in total. The number of hydrogen-bond acceptors (Lipinski definition) is 3. The first-order chi connectivity index (χ1) is 12.3. The molecule has 3 heteroatoms. The SMILES string of the molecule is CC(=O)OC(C)[C@H]1CC[C@H]2[C@@H]3CCC4CC(=O)CC[C@]4(C)[C@H]3CC[C@]12C. The zero-order valence-corrected chi connectivity index (χ0v) is 17.1. The Hall–Kier alpha value is -0.860. The van der Waals surface area contributed by atoms with Crippen LogP contribution in [0, 0.1) is 40.4 Å². The Morgan fingerprint density at radius 1 is 1.04 bits per heavy atom. The van der Waals surface area contributed by atoms with Gasteiger partial charge >= 0.3 is 5.97 Å². The van der Waals surface area contributed by atoms with Crippen LogP contribution in [0.15, 0.2) is 0 Å². The van der Waals surface area contributed by atoms with Crippen molar-refractivity contribution in [3.8, 4) is 0 Å². The fourth-order valence-electron chi connectivity index (χ4n) is 8.20. The second kappa shape index (κ2) is 6.34. The Bertz CT molecular complexity index is 598. The van der Waals surface area contributed by atoms with E-state index in [9.17, 15) is 9.59 Å². The standard InChI is InChI=1S/C23H36O3/c1-14(26-15(2)24)19-7-8-20-18-6-5-16-13-17(25)9-11-22(16,3)21(18)10-12-23(19,20)4/h14,16,18-21H,5-13H2,1-4H3/t14?,16?,18-,19+,20-,21-,22-,23+/m0/s1. The minimum atomic E-state index is -0.141. The van der Waals surface area contributed by atoms with Gasteiger partial charge in [-0.05, 0) is 86.4 Å². The van der Waals surface area contributed by atoms with Crippen LogP contribution >= 0.6 is 0 Å². The van der Waals surface area contributed by atoms with Crippen LogP contribution in [0.1, 0.15) is 85.5 Å².